The van der Waals surface area contributed by atoms with Crippen molar-refractivity contribution in [1.82, 2.24) is 20.0 Å². The fourth-order valence-electron chi connectivity index (χ4n) is 4.49. The number of carbonyl (C=O) groups excluding carboxylic acids is 2. The van der Waals surface area contributed by atoms with Crippen LogP contribution in [0.3, 0.4) is 0 Å². The van der Waals surface area contributed by atoms with Gasteiger partial charge in [-0.15, -0.1) is 0 Å². The average Bonchev–Trinajstić information content (AvgIpc) is 2.89. The molecule has 3 saturated heterocycles. The molecule has 140 valence electrons. The third kappa shape index (κ3) is 3.23. The number of likely N-dealkylation sites (tertiary alicyclic amines) is 2. The number of amides is 3. The first-order valence-corrected chi connectivity index (χ1v) is 9.68. The highest BCUT2D eigenvalue weighted by molar-refractivity contribution is 6.07. The number of piperidine rings is 2. The Balaban J connectivity index is 1.37. The molecular weight excluding hydrogens is 328 g/mol. The maximum Gasteiger partial charge on any atom is 0.325 e. The van der Waals surface area contributed by atoms with Crippen molar-refractivity contribution in [2.24, 2.45) is 0 Å². The molecule has 1 aromatic rings. The van der Waals surface area contributed by atoms with Crippen LogP contribution < -0.4 is 5.32 Å². The average molecular weight is 356 g/mol. The highest BCUT2D eigenvalue weighted by Gasteiger charge is 2.53. The zero-order valence-corrected chi connectivity index (χ0v) is 15.5. The van der Waals surface area contributed by atoms with E-state index in [9.17, 15) is 9.59 Å². The monoisotopic (exact) mass is 356 g/mol. The molecule has 0 radical (unpaired) electrons. The number of hydrogen-bond donors (Lipinski definition) is 1. The van der Waals surface area contributed by atoms with Crippen LogP contribution in [0.5, 0.6) is 0 Å². The van der Waals surface area contributed by atoms with Gasteiger partial charge >= 0.3 is 6.03 Å². The Bertz CT molecular complexity index is 662. The van der Waals surface area contributed by atoms with E-state index >= 15 is 0 Å². The Morgan fingerprint density at radius 3 is 2.35 bits per heavy atom. The Morgan fingerprint density at radius 1 is 1.04 bits per heavy atom. The van der Waals surface area contributed by atoms with E-state index in [1.807, 2.05) is 6.07 Å². The van der Waals surface area contributed by atoms with Crippen molar-refractivity contribution in [3.63, 3.8) is 0 Å². The summed E-state index contributed by atoms with van der Waals surface area (Å²) in [5.74, 6) is 0.0112. The highest BCUT2D eigenvalue weighted by Crippen LogP contribution is 2.32. The Labute approximate surface area is 155 Å². The van der Waals surface area contributed by atoms with Crippen LogP contribution in [0.15, 0.2) is 30.3 Å². The lowest BCUT2D eigenvalue weighted by molar-refractivity contribution is -0.135. The van der Waals surface area contributed by atoms with Crippen molar-refractivity contribution in [2.75, 3.05) is 33.2 Å². The minimum Gasteiger partial charge on any atom is -0.323 e. The number of nitrogens with one attached hydrogen (secondary N) is 1. The van der Waals surface area contributed by atoms with Gasteiger partial charge in [-0.1, -0.05) is 30.3 Å². The summed E-state index contributed by atoms with van der Waals surface area (Å²) in [6.45, 7) is 4.49. The largest absolute Gasteiger partial charge is 0.325 e. The molecule has 26 heavy (non-hydrogen) atoms. The third-order valence-electron chi connectivity index (χ3n) is 6.21. The lowest BCUT2D eigenvalue weighted by Gasteiger charge is -2.37. The van der Waals surface area contributed by atoms with Crippen LogP contribution in [0.25, 0.3) is 0 Å². The van der Waals surface area contributed by atoms with E-state index in [0.717, 1.165) is 58.4 Å². The van der Waals surface area contributed by atoms with Crippen molar-refractivity contribution >= 4 is 11.9 Å². The molecular formula is C20H28N4O2. The van der Waals surface area contributed by atoms with Gasteiger partial charge in [0, 0.05) is 38.8 Å². The molecule has 0 saturated carbocycles. The first-order chi connectivity index (χ1) is 12.6. The molecule has 3 heterocycles. The van der Waals surface area contributed by atoms with Gasteiger partial charge in [0.15, 0.2) is 0 Å². The van der Waals surface area contributed by atoms with Crippen molar-refractivity contribution in [2.45, 2.75) is 43.8 Å². The topological polar surface area (TPSA) is 55.9 Å². The highest BCUT2D eigenvalue weighted by atomic mass is 16.2. The summed E-state index contributed by atoms with van der Waals surface area (Å²) in [6, 6.07) is 10.3. The number of urea groups is 1. The van der Waals surface area contributed by atoms with Gasteiger partial charge in [-0.05, 0) is 38.3 Å². The molecule has 4 rings (SSSR count). The van der Waals surface area contributed by atoms with E-state index in [0.29, 0.717) is 0 Å². The second-order valence-corrected chi connectivity index (χ2v) is 7.98. The van der Waals surface area contributed by atoms with E-state index in [1.165, 1.54) is 5.56 Å². The van der Waals surface area contributed by atoms with E-state index < -0.39 is 5.54 Å². The zero-order chi connectivity index (χ0) is 18.1. The summed E-state index contributed by atoms with van der Waals surface area (Å²) in [6.07, 6.45) is 3.17. The zero-order valence-electron chi connectivity index (χ0n) is 15.5. The quantitative estimate of drug-likeness (QED) is 0.837. The molecule has 3 fully saturated rings. The van der Waals surface area contributed by atoms with E-state index in [1.54, 1.807) is 4.90 Å². The van der Waals surface area contributed by atoms with Gasteiger partial charge in [-0.25, -0.2) is 4.79 Å². The molecule has 0 unspecified atom stereocenters. The number of imide groups is 1. The molecule has 0 bridgehead atoms. The van der Waals surface area contributed by atoms with E-state index in [4.69, 9.17) is 0 Å². The fourth-order valence-corrected chi connectivity index (χ4v) is 4.49. The van der Waals surface area contributed by atoms with Gasteiger partial charge in [0.2, 0.25) is 0 Å². The Hall–Kier alpha value is -1.92. The molecule has 6 heteroatoms. The predicted octanol–water partition coefficient (Wildman–Crippen LogP) is 1.67. The smallest absolute Gasteiger partial charge is 0.323 e. The first kappa shape index (κ1) is 17.5. The summed E-state index contributed by atoms with van der Waals surface area (Å²) in [5, 5.41) is 3.04. The van der Waals surface area contributed by atoms with E-state index in [2.05, 4.69) is 46.4 Å². The predicted molar refractivity (Wildman–Crippen MR) is 99.6 cm³/mol. The van der Waals surface area contributed by atoms with Crippen LogP contribution in [0.4, 0.5) is 4.79 Å². The van der Waals surface area contributed by atoms with E-state index in [-0.39, 0.29) is 18.0 Å². The summed E-state index contributed by atoms with van der Waals surface area (Å²) < 4.78 is 0. The minimum atomic E-state index is -0.648. The standard InChI is InChI=1S/C20H28N4O2/c1-22-13-9-20(10-14-22)18(25)24(19(26)21-20)17-7-11-23(12-8-17)15-16-5-3-2-4-6-16/h2-6,17H,7-15H2,1H3,(H,21,26). The Kier molecular flexibility index (Phi) is 4.71. The summed E-state index contributed by atoms with van der Waals surface area (Å²) in [4.78, 5) is 31.8. The normalized spacial score (nSPS) is 25.0. The van der Waals surface area contributed by atoms with Crippen LogP contribution in [-0.2, 0) is 11.3 Å². The van der Waals surface area contributed by atoms with Gasteiger partial charge in [0.1, 0.15) is 5.54 Å². The number of hydrogen-bond acceptors (Lipinski definition) is 4. The SMILES string of the molecule is CN1CCC2(CC1)NC(=O)N(C1CCN(Cc3ccccc3)CC1)C2=O. The summed E-state index contributed by atoms with van der Waals surface area (Å²) in [5.41, 5.74) is 0.663. The van der Waals surface area contributed by atoms with Crippen molar-refractivity contribution in [3.05, 3.63) is 35.9 Å². The van der Waals surface area contributed by atoms with Crippen molar-refractivity contribution in [3.8, 4) is 0 Å². The molecule has 0 atom stereocenters. The van der Waals surface area contributed by atoms with Crippen LogP contribution in [0.2, 0.25) is 0 Å². The Morgan fingerprint density at radius 2 is 1.69 bits per heavy atom. The molecule has 6 nitrogen and oxygen atoms in total. The van der Waals surface area contributed by atoms with Gasteiger partial charge < -0.3 is 10.2 Å². The second-order valence-electron chi connectivity index (χ2n) is 7.98. The molecule has 1 spiro atoms. The second kappa shape index (κ2) is 7.00. The van der Waals surface area contributed by atoms with Gasteiger partial charge in [-0.2, -0.15) is 0 Å². The molecule has 3 amide bonds. The fraction of sp³-hybridized carbons (Fsp3) is 0.600. The summed E-state index contributed by atoms with van der Waals surface area (Å²) >= 11 is 0. The molecule has 0 aromatic heterocycles. The number of carbonyl (C=O) groups is 2. The van der Waals surface area contributed by atoms with Gasteiger partial charge in [0.05, 0.1) is 0 Å². The molecule has 1 aromatic carbocycles. The van der Waals surface area contributed by atoms with Crippen LogP contribution >= 0.6 is 0 Å². The maximum absolute atomic E-state index is 13.1. The number of nitrogens with zero attached hydrogens (tertiary/aromatic N) is 3. The van der Waals surface area contributed by atoms with Gasteiger partial charge in [-0.3, -0.25) is 14.6 Å². The minimum absolute atomic E-state index is 0.0112. The summed E-state index contributed by atoms with van der Waals surface area (Å²) in [7, 11) is 2.06. The molecule has 0 aliphatic carbocycles. The lowest BCUT2D eigenvalue weighted by Crippen LogP contribution is -2.55. The molecule has 3 aliphatic rings. The third-order valence-corrected chi connectivity index (χ3v) is 6.21. The lowest BCUT2D eigenvalue weighted by atomic mass is 9.87. The van der Waals surface area contributed by atoms with Crippen molar-refractivity contribution < 1.29 is 9.59 Å². The van der Waals surface area contributed by atoms with Crippen LogP contribution in [0.1, 0.15) is 31.2 Å². The first-order valence-electron chi connectivity index (χ1n) is 9.68. The molecule has 3 aliphatic heterocycles. The molecule has 1 N–H and O–H groups in total. The maximum atomic E-state index is 13.1. The number of benzene rings is 1. The van der Waals surface area contributed by atoms with Gasteiger partial charge in [0.25, 0.3) is 5.91 Å². The number of rotatable bonds is 3. The van der Waals surface area contributed by atoms with Crippen LogP contribution in [0, 0.1) is 0 Å². The van der Waals surface area contributed by atoms with Crippen molar-refractivity contribution in [1.29, 1.82) is 0 Å². The van der Waals surface area contributed by atoms with Crippen LogP contribution in [-0.4, -0.2) is 71.4 Å².